The van der Waals surface area contributed by atoms with E-state index in [0.717, 1.165) is 13.0 Å². The Labute approximate surface area is 124 Å². The van der Waals surface area contributed by atoms with E-state index >= 15 is 0 Å². The van der Waals surface area contributed by atoms with E-state index in [0.29, 0.717) is 24.9 Å². The number of nitrogens with one attached hydrogen (secondary N) is 1. The predicted molar refractivity (Wildman–Crippen MR) is 83.5 cm³/mol. The van der Waals surface area contributed by atoms with E-state index in [-0.39, 0.29) is 5.91 Å². The molecule has 1 aliphatic rings. The monoisotopic (exact) mass is 294 g/mol. The number of thioether (sulfide) groups is 1. The van der Waals surface area contributed by atoms with E-state index < -0.39 is 0 Å². The summed E-state index contributed by atoms with van der Waals surface area (Å²) in [6, 6.07) is 8.32. The normalized spacial score (nSPS) is 17.7. The van der Waals surface area contributed by atoms with Crippen molar-refractivity contribution in [3.05, 3.63) is 24.3 Å². The van der Waals surface area contributed by atoms with Gasteiger partial charge in [-0.25, -0.2) is 0 Å². The second-order valence-electron chi connectivity index (χ2n) is 4.84. The minimum Gasteiger partial charge on any atom is -0.383 e. The molecule has 0 fully saturated rings. The Morgan fingerprint density at radius 2 is 2.30 bits per heavy atom. The van der Waals surface area contributed by atoms with E-state index in [9.17, 15) is 4.79 Å². The number of para-hydroxylation sites is 1. The van der Waals surface area contributed by atoms with Crippen LogP contribution in [-0.2, 0) is 9.53 Å². The van der Waals surface area contributed by atoms with Crippen molar-refractivity contribution >= 4 is 23.4 Å². The molecule has 0 aliphatic carbocycles. The number of ether oxygens (including phenoxy) is 1. The van der Waals surface area contributed by atoms with Crippen LogP contribution < -0.4 is 10.2 Å². The van der Waals surface area contributed by atoms with Crippen molar-refractivity contribution < 1.29 is 9.53 Å². The average molecular weight is 294 g/mol. The van der Waals surface area contributed by atoms with Gasteiger partial charge in [0.2, 0.25) is 5.91 Å². The van der Waals surface area contributed by atoms with Gasteiger partial charge in [-0.05, 0) is 18.6 Å². The number of amides is 1. The lowest BCUT2D eigenvalue weighted by Gasteiger charge is -2.34. The zero-order valence-electron chi connectivity index (χ0n) is 12.1. The van der Waals surface area contributed by atoms with Crippen molar-refractivity contribution in [3.63, 3.8) is 0 Å². The fourth-order valence-electron chi connectivity index (χ4n) is 2.26. The second kappa shape index (κ2) is 7.55. The van der Waals surface area contributed by atoms with Gasteiger partial charge in [0.25, 0.3) is 0 Å². The summed E-state index contributed by atoms with van der Waals surface area (Å²) in [5.74, 6) is 0.0543. The molecule has 0 bridgehead atoms. The Morgan fingerprint density at radius 3 is 3.05 bits per heavy atom. The van der Waals surface area contributed by atoms with Crippen molar-refractivity contribution in [1.82, 2.24) is 5.32 Å². The van der Waals surface area contributed by atoms with Gasteiger partial charge in [-0.2, -0.15) is 0 Å². The van der Waals surface area contributed by atoms with Gasteiger partial charge in [0, 0.05) is 30.3 Å². The summed E-state index contributed by atoms with van der Waals surface area (Å²) >= 11 is 1.92. The van der Waals surface area contributed by atoms with Crippen molar-refractivity contribution in [3.8, 4) is 0 Å². The first-order chi connectivity index (χ1) is 9.74. The molecule has 2 rings (SSSR count). The molecule has 1 amide bonds. The molecular weight excluding hydrogens is 272 g/mol. The summed E-state index contributed by atoms with van der Waals surface area (Å²) < 4.78 is 4.94. The summed E-state index contributed by atoms with van der Waals surface area (Å²) in [4.78, 5) is 15.4. The lowest BCUT2D eigenvalue weighted by Crippen LogP contribution is -2.42. The highest BCUT2D eigenvalue weighted by Crippen LogP contribution is 2.39. The van der Waals surface area contributed by atoms with Gasteiger partial charge in [-0.3, -0.25) is 4.79 Å². The lowest BCUT2D eigenvalue weighted by atomic mass is 10.2. The van der Waals surface area contributed by atoms with Gasteiger partial charge in [0.05, 0.1) is 18.8 Å². The quantitative estimate of drug-likeness (QED) is 0.816. The van der Waals surface area contributed by atoms with Crippen LogP contribution in [-0.4, -0.2) is 44.5 Å². The maximum Gasteiger partial charge on any atom is 0.239 e. The minimum absolute atomic E-state index is 0.0543. The molecule has 0 saturated heterocycles. The zero-order valence-corrected chi connectivity index (χ0v) is 12.9. The van der Waals surface area contributed by atoms with Crippen molar-refractivity contribution in [1.29, 1.82) is 0 Å². The van der Waals surface area contributed by atoms with E-state index in [1.807, 2.05) is 17.8 Å². The molecule has 1 heterocycles. The number of carbonyl (C=O) groups is 1. The Morgan fingerprint density at radius 1 is 1.50 bits per heavy atom. The number of hydrogen-bond donors (Lipinski definition) is 1. The number of anilines is 1. The molecule has 4 nitrogen and oxygen atoms in total. The second-order valence-corrected chi connectivity index (χ2v) is 6.18. The minimum atomic E-state index is 0.0543. The maximum absolute atomic E-state index is 12.0. The van der Waals surface area contributed by atoms with Gasteiger partial charge < -0.3 is 15.0 Å². The highest BCUT2D eigenvalue weighted by Gasteiger charge is 2.24. The summed E-state index contributed by atoms with van der Waals surface area (Å²) in [7, 11) is 1.64. The largest absolute Gasteiger partial charge is 0.383 e. The van der Waals surface area contributed by atoms with Gasteiger partial charge >= 0.3 is 0 Å². The van der Waals surface area contributed by atoms with Gasteiger partial charge in [-0.1, -0.05) is 19.1 Å². The van der Waals surface area contributed by atoms with E-state index in [1.54, 1.807) is 7.11 Å². The first-order valence-corrected chi connectivity index (χ1v) is 7.88. The van der Waals surface area contributed by atoms with Crippen LogP contribution in [0, 0.1) is 0 Å². The molecular formula is C15H22N2O2S. The molecule has 1 aromatic carbocycles. The SMILES string of the molecule is CC[C@H]1CN(CC(=O)NCCOC)c2ccccc2S1. The lowest BCUT2D eigenvalue weighted by molar-refractivity contribution is -0.119. The van der Waals surface area contributed by atoms with Gasteiger partial charge in [0.1, 0.15) is 0 Å². The topological polar surface area (TPSA) is 41.6 Å². The summed E-state index contributed by atoms with van der Waals surface area (Å²) in [6.07, 6.45) is 1.11. The fourth-order valence-corrected chi connectivity index (χ4v) is 3.52. The highest BCUT2D eigenvalue weighted by molar-refractivity contribution is 8.00. The van der Waals surface area contributed by atoms with Crippen LogP contribution >= 0.6 is 11.8 Å². The molecule has 1 aromatic rings. The standard InChI is InChI=1S/C15H22N2O2S/c1-3-12-10-17(11-15(18)16-8-9-19-2)13-6-4-5-7-14(13)20-12/h4-7,12H,3,8-11H2,1-2H3,(H,16,18)/t12-/m0/s1. The maximum atomic E-state index is 12.0. The molecule has 20 heavy (non-hydrogen) atoms. The molecule has 1 aliphatic heterocycles. The smallest absolute Gasteiger partial charge is 0.239 e. The molecule has 0 unspecified atom stereocenters. The molecule has 1 atom stereocenters. The van der Waals surface area contributed by atoms with Crippen LogP contribution in [0.4, 0.5) is 5.69 Å². The molecule has 0 radical (unpaired) electrons. The number of methoxy groups -OCH3 is 1. The van der Waals surface area contributed by atoms with Crippen LogP contribution in [0.15, 0.2) is 29.2 Å². The third-order valence-electron chi connectivity index (χ3n) is 3.34. The molecule has 0 aromatic heterocycles. The first kappa shape index (κ1) is 15.2. The van der Waals surface area contributed by atoms with Gasteiger partial charge in [0.15, 0.2) is 0 Å². The molecule has 5 heteroatoms. The Balaban J connectivity index is 2.01. The summed E-state index contributed by atoms with van der Waals surface area (Å²) in [5, 5.41) is 3.43. The van der Waals surface area contributed by atoms with Crippen molar-refractivity contribution in [2.45, 2.75) is 23.5 Å². The number of hydrogen-bond acceptors (Lipinski definition) is 4. The molecule has 110 valence electrons. The third kappa shape index (κ3) is 3.90. The van der Waals surface area contributed by atoms with Crippen LogP contribution in [0.3, 0.4) is 0 Å². The third-order valence-corrected chi connectivity index (χ3v) is 4.76. The van der Waals surface area contributed by atoms with Crippen LogP contribution in [0.2, 0.25) is 0 Å². The van der Waals surface area contributed by atoms with Crippen molar-refractivity contribution in [2.75, 3.05) is 38.3 Å². The number of benzene rings is 1. The van der Waals surface area contributed by atoms with Crippen molar-refractivity contribution in [2.24, 2.45) is 0 Å². The summed E-state index contributed by atoms with van der Waals surface area (Å²) in [6.45, 7) is 4.66. The van der Waals surface area contributed by atoms with E-state index in [4.69, 9.17) is 4.74 Å². The van der Waals surface area contributed by atoms with Crippen LogP contribution in [0.25, 0.3) is 0 Å². The zero-order chi connectivity index (χ0) is 14.4. The predicted octanol–water partition coefficient (Wildman–Crippen LogP) is 2.14. The number of fused-ring (bicyclic) bond motifs is 1. The number of rotatable bonds is 6. The highest BCUT2D eigenvalue weighted by atomic mass is 32.2. The van der Waals surface area contributed by atoms with Crippen LogP contribution in [0.5, 0.6) is 0 Å². The molecule has 0 spiro atoms. The summed E-state index contributed by atoms with van der Waals surface area (Å²) in [5.41, 5.74) is 1.17. The molecule has 1 N–H and O–H groups in total. The van der Waals surface area contributed by atoms with E-state index in [2.05, 4.69) is 35.3 Å². The van der Waals surface area contributed by atoms with E-state index in [1.165, 1.54) is 10.6 Å². The Hall–Kier alpha value is -1.20. The molecule has 0 saturated carbocycles. The number of nitrogens with zero attached hydrogens (tertiary/aromatic N) is 1. The van der Waals surface area contributed by atoms with Crippen LogP contribution in [0.1, 0.15) is 13.3 Å². The van der Waals surface area contributed by atoms with Gasteiger partial charge in [-0.15, -0.1) is 11.8 Å². The first-order valence-electron chi connectivity index (χ1n) is 7.00. The Kier molecular flexibility index (Phi) is 5.73. The average Bonchev–Trinajstić information content (AvgIpc) is 2.47. The number of carbonyl (C=O) groups excluding carboxylic acids is 1. The Bertz CT molecular complexity index is 453. The fraction of sp³-hybridized carbons (Fsp3) is 0.533.